The quantitative estimate of drug-likeness (QED) is 0.570. The molecule has 2 aromatic rings. The number of hydrogen-bond acceptors (Lipinski definition) is 8. The van der Waals surface area contributed by atoms with Gasteiger partial charge in [0, 0.05) is 31.2 Å². The third kappa shape index (κ3) is 6.36. The number of hydrogen-bond donors (Lipinski definition) is 1. The molecule has 1 heterocycles. The first kappa shape index (κ1) is 22.5. The van der Waals surface area contributed by atoms with E-state index in [9.17, 15) is 18.0 Å². The Kier molecular flexibility index (Phi) is 7.85. The van der Waals surface area contributed by atoms with Crippen LogP contribution >= 0.6 is 0 Å². The monoisotopic (exact) mass is 424 g/mol. The second-order valence-corrected chi connectivity index (χ2v) is 8.00. The van der Waals surface area contributed by atoms with Crippen LogP contribution in [0.5, 0.6) is 0 Å². The summed E-state index contributed by atoms with van der Waals surface area (Å²) in [6.45, 7) is 4.43. The van der Waals surface area contributed by atoms with E-state index in [0.717, 1.165) is 6.26 Å². The maximum Gasteiger partial charge on any atom is 0.335 e. The Balaban J connectivity index is 2.08. The molecule has 0 atom stereocenters. The zero-order valence-electron chi connectivity index (χ0n) is 16.5. The Morgan fingerprint density at radius 2 is 1.83 bits per heavy atom. The largest absolute Gasteiger partial charge is 0.408 e. The van der Waals surface area contributed by atoms with Crippen molar-refractivity contribution in [3.8, 4) is 11.5 Å². The molecular formula is C18H24N4O6S. The number of amides is 2. The Morgan fingerprint density at radius 3 is 2.38 bits per heavy atom. The summed E-state index contributed by atoms with van der Waals surface area (Å²) >= 11 is 0. The summed E-state index contributed by atoms with van der Waals surface area (Å²) in [5.74, 6) is -0.324. The standard InChI is InChI=1S/C18H24N4O6S/c1-4-19-15(23)7-6-8-16(24)22(27-5-2)14-11-9-13(10-12-14)17-20-21-18(28-17)29(3,25)26/h9-12H,4-8H2,1-3H3,(H,19,23). The van der Waals surface area contributed by atoms with Crippen molar-refractivity contribution in [2.45, 2.75) is 38.3 Å². The maximum atomic E-state index is 12.5. The van der Waals surface area contributed by atoms with E-state index in [2.05, 4.69) is 15.5 Å². The number of anilines is 1. The SMILES string of the molecule is CCNC(=O)CCCC(=O)N(OCC)c1ccc(-c2nnc(S(C)(=O)=O)o2)cc1. The van der Waals surface area contributed by atoms with Crippen molar-refractivity contribution in [2.75, 3.05) is 24.5 Å². The molecule has 0 fully saturated rings. The number of benzene rings is 1. The molecule has 11 heteroatoms. The second kappa shape index (κ2) is 10.1. The van der Waals surface area contributed by atoms with Crippen LogP contribution in [-0.2, 0) is 24.3 Å². The van der Waals surface area contributed by atoms with Gasteiger partial charge in [-0.2, -0.15) is 5.06 Å². The molecule has 0 bridgehead atoms. The lowest BCUT2D eigenvalue weighted by atomic mass is 10.2. The first-order chi connectivity index (χ1) is 13.8. The van der Waals surface area contributed by atoms with Crippen LogP contribution in [-0.4, -0.2) is 49.8 Å². The summed E-state index contributed by atoms with van der Waals surface area (Å²) in [5, 5.41) is 10.6. The average molecular weight is 424 g/mol. The number of carbonyl (C=O) groups is 2. The molecule has 1 aromatic heterocycles. The lowest BCUT2D eigenvalue weighted by Crippen LogP contribution is -2.31. The van der Waals surface area contributed by atoms with Gasteiger partial charge < -0.3 is 9.73 Å². The zero-order chi connectivity index (χ0) is 21.4. The average Bonchev–Trinajstić information content (AvgIpc) is 3.17. The predicted molar refractivity (Wildman–Crippen MR) is 104 cm³/mol. The van der Waals surface area contributed by atoms with E-state index in [1.165, 1.54) is 5.06 Å². The molecule has 0 spiro atoms. The number of nitrogens with one attached hydrogen (secondary N) is 1. The van der Waals surface area contributed by atoms with Gasteiger partial charge in [-0.05, 0) is 44.5 Å². The van der Waals surface area contributed by atoms with Gasteiger partial charge in [0.2, 0.25) is 21.6 Å². The Labute approximate surface area is 169 Å². The molecule has 0 aliphatic carbocycles. The lowest BCUT2D eigenvalue weighted by molar-refractivity contribution is -0.126. The van der Waals surface area contributed by atoms with E-state index >= 15 is 0 Å². The van der Waals surface area contributed by atoms with E-state index in [1.54, 1.807) is 31.2 Å². The first-order valence-electron chi connectivity index (χ1n) is 9.12. The summed E-state index contributed by atoms with van der Waals surface area (Å²) in [4.78, 5) is 29.4. The Bertz CT molecular complexity index is 940. The summed E-state index contributed by atoms with van der Waals surface area (Å²) in [6.07, 6.45) is 1.80. The number of rotatable bonds is 10. The molecular weight excluding hydrogens is 400 g/mol. The fourth-order valence-corrected chi connectivity index (χ4v) is 2.84. The third-order valence-corrected chi connectivity index (χ3v) is 4.52. The van der Waals surface area contributed by atoms with E-state index < -0.39 is 15.1 Å². The Hall–Kier alpha value is -2.79. The molecule has 158 valence electrons. The fraction of sp³-hybridized carbons (Fsp3) is 0.444. The molecule has 1 N–H and O–H groups in total. The van der Waals surface area contributed by atoms with Crippen LogP contribution in [0, 0.1) is 0 Å². The van der Waals surface area contributed by atoms with Gasteiger partial charge in [-0.15, -0.1) is 5.10 Å². The summed E-state index contributed by atoms with van der Waals surface area (Å²) < 4.78 is 28.1. The van der Waals surface area contributed by atoms with Crippen molar-refractivity contribution in [2.24, 2.45) is 0 Å². The van der Waals surface area contributed by atoms with Gasteiger partial charge in [0.25, 0.3) is 5.91 Å². The normalized spacial score (nSPS) is 11.3. The highest BCUT2D eigenvalue weighted by Gasteiger charge is 2.19. The van der Waals surface area contributed by atoms with Crippen LogP contribution in [0.4, 0.5) is 5.69 Å². The highest BCUT2D eigenvalue weighted by Crippen LogP contribution is 2.24. The zero-order valence-corrected chi connectivity index (χ0v) is 17.4. The van der Waals surface area contributed by atoms with Crippen LogP contribution < -0.4 is 10.4 Å². The van der Waals surface area contributed by atoms with Gasteiger partial charge in [0.15, 0.2) is 0 Å². The van der Waals surface area contributed by atoms with E-state index in [1.807, 2.05) is 6.92 Å². The van der Waals surface area contributed by atoms with Crippen molar-refractivity contribution >= 4 is 27.3 Å². The number of nitrogens with zero attached hydrogens (tertiary/aromatic N) is 3. The predicted octanol–water partition coefficient (Wildman–Crippen LogP) is 1.73. The summed E-state index contributed by atoms with van der Waals surface area (Å²) in [6, 6.07) is 6.47. The van der Waals surface area contributed by atoms with Crippen molar-refractivity contribution in [3.63, 3.8) is 0 Å². The maximum absolute atomic E-state index is 12.5. The Morgan fingerprint density at radius 1 is 1.14 bits per heavy atom. The van der Waals surface area contributed by atoms with Crippen LogP contribution in [0.15, 0.2) is 33.9 Å². The molecule has 0 aliphatic heterocycles. The van der Waals surface area contributed by atoms with E-state index in [4.69, 9.17) is 9.25 Å². The lowest BCUT2D eigenvalue weighted by Gasteiger charge is -2.21. The highest BCUT2D eigenvalue weighted by molar-refractivity contribution is 7.90. The third-order valence-electron chi connectivity index (χ3n) is 3.73. The minimum absolute atomic E-state index is 0.0493. The molecule has 2 rings (SSSR count). The van der Waals surface area contributed by atoms with Crippen molar-refractivity contribution in [3.05, 3.63) is 24.3 Å². The van der Waals surface area contributed by atoms with Gasteiger partial charge in [-0.25, -0.2) is 8.42 Å². The number of hydroxylamine groups is 1. The van der Waals surface area contributed by atoms with Gasteiger partial charge in [0.05, 0.1) is 12.3 Å². The number of aromatic nitrogens is 2. The molecule has 0 radical (unpaired) electrons. The molecule has 10 nitrogen and oxygen atoms in total. The van der Waals surface area contributed by atoms with E-state index in [0.29, 0.717) is 24.2 Å². The minimum Gasteiger partial charge on any atom is -0.408 e. The van der Waals surface area contributed by atoms with Crippen molar-refractivity contribution in [1.82, 2.24) is 15.5 Å². The van der Waals surface area contributed by atoms with Crippen LogP contribution in [0.25, 0.3) is 11.5 Å². The van der Waals surface area contributed by atoms with Gasteiger partial charge in [0.1, 0.15) is 0 Å². The molecule has 29 heavy (non-hydrogen) atoms. The summed E-state index contributed by atoms with van der Waals surface area (Å²) in [5.41, 5.74) is 0.984. The topological polar surface area (TPSA) is 132 Å². The molecule has 0 unspecified atom stereocenters. The van der Waals surface area contributed by atoms with Gasteiger partial charge >= 0.3 is 5.22 Å². The summed E-state index contributed by atoms with van der Waals surface area (Å²) in [7, 11) is -3.59. The highest BCUT2D eigenvalue weighted by atomic mass is 32.2. The minimum atomic E-state index is -3.59. The smallest absolute Gasteiger partial charge is 0.335 e. The van der Waals surface area contributed by atoms with Crippen LogP contribution in [0.2, 0.25) is 0 Å². The van der Waals surface area contributed by atoms with Crippen LogP contribution in [0.3, 0.4) is 0 Å². The molecule has 2 amide bonds. The molecule has 0 aliphatic rings. The van der Waals surface area contributed by atoms with Gasteiger partial charge in [-0.3, -0.25) is 14.4 Å². The number of carbonyl (C=O) groups excluding carboxylic acids is 2. The molecule has 0 saturated heterocycles. The second-order valence-electron chi connectivity index (χ2n) is 6.11. The molecule has 0 saturated carbocycles. The molecule has 1 aromatic carbocycles. The van der Waals surface area contributed by atoms with Crippen LogP contribution in [0.1, 0.15) is 33.1 Å². The van der Waals surface area contributed by atoms with Gasteiger partial charge in [-0.1, -0.05) is 5.10 Å². The first-order valence-corrected chi connectivity index (χ1v) is 11.0. The van der Waals surface area contributed by atoms with E-state index in [-0.39, 0.29) is 37.2 Å². The fourth-order valence-electron chi connectivity index (χ4n) is 2.42. The number of sulfone groups is 1. The van der Waals surface area contributed by atoms with Crippen molar-refractivity contribution in [1.29, 1.82) is 0 Å². The van der Waals surface area contributed by atoms with Crippen molar-refractivity contribution < 1.29 is 27.3 Å².